The summed E-state index contributed by atoms with van der Waals surface area (Å²) in [5, 5.41) is 12.2. The van der Waals surface area contributed by atoms with Crippen LogP contribution in [0.1, 0.15) is 66.2 Å². The summed E-state index contributed by atoms with van der Waals surface area (Å²) in [5.74, 6) is -0.844. The van der Waals surface area contributed by atoms with E-state index in [0.29, 0.717) is 0 Å². The van der Waals surface area contributed by atoms with Gasteiger partial charge in [0, 0.05) is 13.1 Å². The molecule has 1 rings (SSSR count). The smallest absolute Gasteiger partial charge is 0.317 e. The fourth-order valence-corrected chi connectivity index (χ4v) is 2.94. The van der Waals surface area contributed by atoms with Crippen LogP contribution in [0.15, 0.2) is 0 Å². The topological polar surface area (TPSA) is 69.6 Å². The molecule has 1 aliphatic rings. The van der Waals surface area contributed by atoms with Crippen molar-refractivity contribution in [2.24, 2.45) is 5.41 Å². The molecule has 0 saturated heterocycles. The highest BCUT2D eigenvalue weighted by Gasteiger charge is 2.38. The average molecular weight is 298 g/mol. The molecule has 0 bridgehead atoms. The van der Waals surface area contributed by atoms with Crippen LogP contribution in [0.2, 0.25) is 0 Å². The summed E-state index contributed by atoms with van der Waals surface area (Å²) < 4.78 is 0. The van der Waals surface area contributed by atoms with Crippen LogP contribution < -0.4 is 5.32 Å². The SMILES string of the molecule is CC(N(C)C(=O)NC1(CC(=O)O)CCCCC1)C(C)(C)C. The maximum Gasteiger partial charge on any atom is 0.317 e. The molecule has 122 valence electrons. The van der Waals surface area contributed by atoms with Crippen LogP contribution in [0.5, 0.6) is 0 Å². The lowest BCUT2D eigenvalue weighted by atomic mass is 9.79. The molecule has 21 heavy (non-hydrogen) atoms. The minimum absolute atomic E-state index is 0.0104. The van der Waals surface area contributed by atoms with Crippen LogP contribution in [0.25, 0.3) is 0 Å². The first kappa shape index (κ1) is 17.8. The number of carbonyl (C=O) groups is 2. The molecule has 1 aliphatic carbocycles. The summed E-state index contributed by atoms with van der Waals surface area (Å²) in [6.45, 7) is 8.30. The summed E-state index contributed by atoms with van der Waals surface area (Å²) >= 11 is 0. The van der Waals surface area contributed by atoms with Crippen molar-refractivity contribution in [2.45, 2.75) is 77.8 Å². The lowest BCUT2D eigenvalue weighted by molar-refractivity contribution is -0.139. The first-order valence-corrected chi connectivity index (χ1v) is 7.84. The van der Waals surface area contributed by atoms with Gasteiger partial charge >= 0.3 is 12.0 Å². The number of amides is 2. The number of hydrogen-bond acceptors (Lipinski definition) is 2. The van der Waals surface area contributed by atoms with Gasteiger partial charge in [-0.3, -0.25) is 4.79 Å². The minimum atomic E-state index is -0.844. The van der Waals surface area contributed by atoms with Gasteiger partial charge in [-0.05, 0) is 25.2 Å². The molecule has 5 nitrogen and oxygen atoms in total. The summed E-state index contributed by atoms with van der Waals surface area (Å²) in [4.78, 5) is 25.4. The molecular weight excluding hydrogens is 268 g/mol. The van der Waals surface area contributed by atoms with Crippen LogP contribution in [0, 0.1) is 5.41 Å². The maximum atomic E-state index is 12.5. The number of nitrogens with one attached hydrogen (secondary N) is 1. The Morgan fingerprint density at radius 2 is 1.76 bits per heavy atom. The van der Waals surface area contributed by atoms with E-state index in [-0.39, 0.29) is 23.9 Å². The van der Waals surface area contributed by atoms with Gasteiger partial charge in [0.1, 0.15) is 0 Å². The molecule has 0 radical (unpaired) electrons. The van der Waals surface area contributed by atoms with Crippen LogP contribution in [-0.4, -0.2) is 40.6 Å². The van der Waals surface area contributed by atoms with E-state index in [1.165, 1.54) is 0 Å². The Kier molecular flexibility index (Phi) is 5.65. The van der Waals surface area contributed by atoms with Crippen molar-refractivity contribution in [1.29, 1.82) is 0 Å². The predicted molar refractivity (Wildman–Crippen MR) is 83.3 cm³/mol. The number of hydrogen-bond donors (Lipinski definition) is 2. The third-order valence-electron chi connectivity index (χ3n) is 4.83. The van der Waals surface area contributed by atoms with E-state index in [9.17, 15) is 9.59 Å². The van der Waals surface area contributed by atoms with Crippen molar-refractivity contribution in [3.8, 4) is 0 Å². The molecule has 1 fully saturated rings. The molecule has 1 saturated carbocycles. The maximum absolute atomic E-state index is 12.5. The van der Waals surface area contributed by atoms with Gasteiger partial charge in [0.2, 0.25) is 0 Å². The van der Waals surface area contributed by atoms with Gasteiger partial charge in [0.15, 0.2) is 0 Å². The van der Waals surface area contributed by atoms with Crippen LogP contribution in [0.4, 0.5) is 4.79 Å². The van der Waals surface area contributed by atoms with E-state index in [1.807, 2.05) is 6.92 Å². The van der Waals surface area contributed by atoms with Crippen LogP contribution in [-0.2, 0) is 4.79 Å². The largest absolute Gasteiger partial charge is 0.481 e. The monoisotopic (exact) mass is 298 g/mol. The number of urea groups is 1. The Morgan fingerprint density at radius 3 is 2.19 bits per heavy atom. The quantitative estimate of drug-likeness (QED) is 0.837. The second-order valence-corrected chi connectivity index (χ2v) is 7.49. The third-order valence-corrected chi connectivity index (χ3v) is 4.83. The lowest BCUT2D eigenvalue weighted by Gasteiger charge is -2.41. The van der Waals surface area contributed by atoms with Crippen molar-refractivity contribution >= 4 is 12.0 Å². The molecule has 5 heteroatoms. The van der Waals surface area contributed by atoms with Gasteiger partial charge in [-0.1, -0.05) is 40.0 Å². The predicted octanol–water partition coefficient (Wildman–Crippen LogP) is 3.24. The molecule has 1 atom stereocenters. The molecule has 0 aliphatic heterocycles. The standard InChI is InChI=1S/C16H30N2O3/c1-12(15(2,3)4)18(5)14(21)17-16(11-13(19)20)9-7-6-8-10-16/h12H,6-11H2,1-5H3,(H,17,21)(H,19,20). The molecule has 0 aromatic heterocycles. The molecule has 0 aromatic carbocycles. The summed E-state index contributed by atoms with van der Waals surface area (Å²) in [5.41, 5.74) is -0.592. The van der Waals surface area contributed by atoms with Crippen molar-refractivity contribution in [3.63, 3.8) is 0 Å². The van der Waals surface area contributed by atoms with Crippen molar-refractivity contribution in [2.75, 3.05) is 7.05 Å². The molecule has 2 amide bonds. The van der Waals surface area contributed by atoms with E-state index < -0.39 is 11.5 Å². The van der Waals surface area contributed by atoms with Gasteiger partial charge in [-0.25, -0.2) is 4.79 Å². The lowest BCUT2D eigenvalue weighted by Crippen LogP contribution is -2.57. The number of carboxylic acid groups (broad SMARTS) is 1. The molecular formula is C16H30N2O3. The highest BCUT2D eigenvalue weighted by molar-refractivity contribution is 5.77. The molecule has 0 spiro atoms. The second-order valence-electron chi connectivity index (χ2n) is 7.49. The van der Waals surface area contributed by atoms with Crippen molar-refractivity contribution < 1.29 is 14.7 Å². The number of rotatable bonds is 4. The van der Waals surface area contributed by atoms with Gasteiger partial charge in [0.05, 0.1) is 12.0 Å². The van der Waals surface area contributed by atoms with Crippen LogP contribution >= 0.6 is 0 Å². The normalized spacial score (nSPS) is 19.7. The van der Waals surface area contributed by atoms with Gasteiger partial charge in [-0.2, -0.15) is 0 Å². The van der Waals surface area contributed by atoms with Gasteiger partial charge in [0.25, 0.3) is 0 Å². The number of carbonyl (C=O) groups excluding carboxylic acids is 1. The Bertz CT molecular complexity index is 381. The van der Waals surface area contributed by atoms with Crippen molar-refractivity contribution in [3.05, 3.63) is 0 Å². The molecule has 0 aromatic rings. The average Bonchev–Trinajstić information content (AvgIpc) is 2.35. The summed E-state index contributed by atoms with van der Waals surface area (Å²) in [7, 11) is 1.78. The molecule has 2 N–H and O–H groups in total. The zero-order valence-electron chi connectivity index (χ0n) is 14.0. The van der Waals surface area contributed by atoms with E-state index in [2.05, 4.69) is 26.1 Å². The Morgan fingerprint density at radius 1 is 1.24 bits per heavy atom. The highest BCUT2D eigenvalue weighted by Crippen LogP contribution is 2.32. The summed E-state index contributed by atoms with van der Waals surface area (Å²) in [6.07, 6.45) is 4.59. The third kappa shape index (κ3) is 4.90. The minimum Gasteiger partial charge on any atom is -0.481 e. The second kappa shape index (κ2) is 6.67. The van der Waals surface area contributed by atoms with Crippen LogP contribution in [0.3, 0.4) is 0 Å². The van der Waals surface area contributed by atoms with E-state index in [4.69, 9.17) is 5.11 Å². The highest BCUT2D eigenvalue weighted by atomic mass is 16.4. The Balaban J connectivity index is 2.78. The van der Waals surface area contributed by atoms with Crippen molar-refractivity contribution in [1.82, 2.24) is 10.2 Å². The number of aliphatic carboxylic acids is 1. The molecule has 0 heterocycles. The Hall–Kier alpha value is -1.26. The number of nitrogens with zero attached hydrogens (tertiary/aromatic N) is 1. The zero-order chi connectivity index (χ0) is 16.3. The summed E-state index contributed by atoms with van der Waals surface area (Å²) in [6, 6.07) is -0.0939. The fraction of sp³-hybridized carbons (Fsp3) is 0.875. The first-order valence-electron chi connectivity index (χ1n) is 7.84. The molecule has 1 unspecified atom stereocenters. The first-order chi connectivity index (χ1) is 9.57. The van der Waals surface area contributed by atoms with E-state index >= 15 is 0 Å². The van der Waals surface area contributed by atoms with E-state index in [0.717, 1.165) is 32.1 Å². The zero-order valence-corrected chi connectivity index (χ0v) is 14.0. The van der Waals surface area contributed by atoms with Gasteiger partial charge in [-0.15, -0.1) is 0 Å². The Labute approximate surface area is 128 Å². The van der Waals surface area contributed by atoms with E-state index in [1.54, 1.807) is 11.9 Å². The van der Waals surface area contributed by atoms with Gasteiger partial charge < -0.3 is 15.3 Å². The number of carboxylic acids is 1. The fourth-order valence-electron chi connectivity index (χ4n) is 2.94.